The summed E-state index contributed by atoms with van der Waals surface area (Å²) in [6, 6.07) is 2.70. The lowest BCUT2D eigenvalue weighted by Crippen LogP contribution is -2.59. The Balaban J connectivity index is 1.89. The lowest BCUT2D eigenvalue weighted by molar-refractivity contribution is -0.148. The Morgan fingerprint density at radius 2 is 1.51 bits per heavy atom. The molecule has 5 atom stereocenters. The maximum atomic E-state index is 14.5. The van der Waals surface area contributed by atoms with Crippen LogP contribution in [-0.4, -0.2) is 121 Å². The van der Waals surface area contributed by atoms with Crippen molar-refractivity contribution in [3.8, 4) is 0 Å². The third-order valence-electron chi connectivity index (χ3n) is 10.5. The first-order valence-corrected chi connectivity index (χ1v) is 20.0. The molecule has 1 saturated carbocycles. The van der Waals surface area contributed by atoms with Gasteiger partial charge in [0.15, 0.2) is 0 Å². The first-order chi connectivity index (χ1) is 27.4. The summed E-state index contributed by atoms with van der Waals surface area (Å²) in [4.78, 5) is 96.9. The van der Waals surface area contributed by atoms with Crippen molar-refractivity contribution in [3.05, 3.63) is 35.9 Å². The highest BCUT2D eigenvalue weighted by Crippen LogP contribution is 2.36. The Labute approximate surface area is 344 Å². The number of carbonyl (C=O) groups is 7. The van der Waals surface area contributed by atoms with E-state index in [-0.39, 0.29) is 25.3 Å². The zero-order valence-electron chi connectivity index (χ0n) is 35.3. The van der Waals surface area contributed by atoms with Gasteiger partial charge in [0, 0.05) is 34.2 Å². The van der Waals surface area contributed by atoms with Crippen LogP contribution in [0.1, 0.15) is 104 Å². The van der Waals surface area contributed by atoms with Gasteiger partial charge in [-0.05, 0) is 84.1 Å². The normalized spacial score (nSPS) is 19.1. The highest BCUT2D eigenvalue weighted by molar-refractivity contribution is 6.38. The largest absolute Gasteiger partial charge is 0.444 e. The Morgan fingerprint density at radius 1 is 0.881 bits per heavy atom. The number of nitrogens with zero attached hydrogens (tertiary/aromatic N) is 2. The van der Waals surface area contributed by atoms with E-state index in [1.54, 1.807) is 65.0 Å². The number of likely N-dealkylation sites (N-methyl/N-ethyl adjacent to an activating group) is 1. The van der Waals surface area contributed by atoms with Crippen molar-refractivity contribution in [2.75, 3.05) is 34.3 Å². The van der Waals surface area contributed by atoms with Crippen LogP contribution >= 0.6 is 0 Å². The molecule has 1 heterocycles. The van der Waals surface area contributed by atoms with Crippen LogP contribution in [0, 0.1) is 11.8 Å². The quantitative estimate of drug-likeness (QED) is 0.168. The lowest BCUT2D eigenvalue weighted by atomic mass is 9.83. The van der Waals surface area contributed by atoms with Crippen LogP contribution in [0.2, 0.25) is 0 Å². The summed E-state index contributed by atoms with van der Waals surface area (Å²) in [5, 5.41) is 9.66. The minimum atomic E-state index is -4.77. The summed E-state index contributed by atoms with van der Waals surface area (Å²) in [5.41, 5.74) is -1.24. The maximum absolute atomic E-state index is 14.5. The number of hydrogen-bond donors (Lipinski definition) is 4. The molecule has 0 spiro atoms. The van der Waals surface area contributed by atoms with E-state index >= 15 is 0 Å². The fourth-order valence-corrected chi connectivity index (χ4v) is 7.49. The molecule has 6 amide bonds. The number of hydrogen-bond acceptors (Lipinski definition) is 9. The number of halogens is 3. The van der Waals surface area contributed by atoms with Crippen molar-refractivity contribution in [3.63, 3.8) is 0 Å². The average molecular weight is 839 g/mol. The number of amides is 6. The number of ketones is 1. The van der Waals surface area contributed by atoms with Gasteiger partial charge in [-0.1, -0.05) is 49.6 Å². The molecule has 3 rings (SSSR count). The number of alkyl halides is 3. The van der Waals surface area contributed by atoms with Crippen LogP contribution in [0.3, 0.4) is 0 Å². The Hall–Kier alpha value is -4.74. The van der Waals surface area contributed by atoms with Gasteiger partial charge in [-0.15, -0.1) is 0 Å². The zero-order valence-corrected chi connectivity index (χ0v) is 35.3. The van der Waals surface area contributed by atoms with E-state index in [1.807, 2.05) is 0 Å². The predicted octanol–water partition coefficient (Wildman–Crippen LogP) is 3.95. The second kappa shape index (κ2) is 21.0. The summed E-state index contributed by atoms with van der Waals surface area (Å²) in [6.45, 7) is 7.81. The topological polar surface area (TPSA) is 193 Å². The minimum Gasteiger partial charge on any atom is -0.444 e. The van der Waals surface area contributed by atoms with Crippen LogP contribution in [0.4, 0.5) is 18.0 Å². The summed E-state index contributed by atoms with van der Waals surface area (Å²) in [5.74, 6) is -6.68. The monoisotopic (exact) mass is 838 g/mol. The molecule has 1 saturated heterocycles. The second-order valence-corrected chi connectivity index (χ2v) is 17.1. The van der Waals surface area contributed by atoms with E-state index < -0.39 is 108 Å². The van der Waals surface area contributed by atoms with Gasteiger partial charge in [-0.25, -0.2) is 4.79 Å². The van der Waals surface area contributed by atoms with E-state index in [0.717, 1.165) is 19.3 Å². The molecule has 18 heteroatoms. The highest BCUT2D eigenvalue weighted by Gasteiger charge is 2.48. The fraction of sp³-hybridized carbons (Fsp3) is 0.683. The summed E-state index contributed by atoms with van der Waals surface area (Å²) in [6.07, 6.45) is -3.81. The molecule has 0 radical (unpaired) electrons. The van der Waals surface area contributed by atoms with Gasteiger partial charge >= 0.3 is 12.3 Å². The molecular formula is C41H61F3N6O9. The van der Waals surface area contributed by atoms with Crippen LogP contribution in [0.15, 0.2) is 30.3 Å². The molecular weight excluding hydrogens is 777 g/mol. The summed E-state index contributed by atoms with van der Waals surface area (Å²) >= 11 is 0. The molecule has 4 N–H and O–H groups in total. The smallest absolute Gasteiger partial charge is 0.408 e. The Morgan fingerprint density at radius 3 is 2.07 bits per heavy atom. The molecule has 4 unspecified atom stereocenters. The van der Waals surface area contributed by atoms with Crippen molar-refractivity contribution in [1.82, 2.24) is 31.1 Å². The van der Waals surface area contributed by atoms with Crippen LogP contribution < -0.4 is 21.3 Å². The molecule has 1 aliphatic carbocycles. The highest BCUT2D eigenvalue weighted by atomic mass is 19.4. The number of likely N-dealkylation sites (tertiary alicyclic amines) is 1. The number of rotatable bonds is 17. The van der Waals surface area contributed by atoms with Crippen LogP contribution in [0.25, 0.3) is 0 Å². The third kappa shape index (κ3) is 15.1. The van der Waals surface area contributed by atoms with Crippen molar-refractivity contribution >= 4 is 41.4 Å². The van der Waals surface area contributed by atoms with Crippen LogP contribution in [0.5, 0.6) is 0 Å². The molecule has 1 aromatic rings. The van der Waals surface area contributed by atoms with E-state index in [1.165, 1.54) is 31.0 Å². The SMILES string of the molecule is COC(C)(C)C[C@H]1CCN(C(=O)C(NC(=O)OC(C)(C)C)C2CCCCC2)C1C(=O)NC(CCC(F)(F)F)C(=O)C(=O)NCC(=O)NC(C(=O)N(C)C)c1ccccc1. The second-order valence-electron chi connectivity index (χ2n) is 17.1. The minimum absolute atomic E-state index is 0.0532. The number of methoxy groups -OCH3 is 1. The first kappa shape index (κ1) is 48.6. The zero-order chi connectivity index (χ0) is 44.3. The first-order valence-electron chi connectivity index (χ1n) is 20.0. The van der Waals surface area contributed by atoms with Gasteiger partial charge in [0.05, 0.1) is 18.2 Å². The van der Waals surface area contributed by atoms with Crippen molar-refractivity contribution in [2.45, 2.75) is 134 Å². The van der Waals surface area contributed by atoms with Crippen molar-refractivity contribution < 1.29 is 56.2 Å². The van der Waals surface area contributed by atoms with Gasteiger partial charge in [-0.2, -0.15) is 13.2 Å². The Bertz CT molecular complexity index is 1640. The number of benzene rings is 1. The number of carbonyl (C=O) groups excluding carboxylic acids is 7. The van der Waals surface area contributed by atoms with Gasteiger partial charge in [0.25, 0.3) is 5.91 Å². The molecule has 0 bridgehead atoms. The van der Waals surface area contributed by atoms with Crippen molar-refractivity contribution in [2.24, 2.45) is 11.8 Å². The van der Waals surface area contributed by atoms with Gasteiger partial charge in [0.1, 0.15) is 23.7 Å². The standard InChI is InChI=1S/C41H61F3N6O9/c1-39(2,3)59-38(57)48-31(26-17-13-10-14-18-26)37(56)50-22-20-27(23-40(4,5)58-8)32(50)34(53)46-28(19-21-41(42,43)44)33(52)35(54)45-24-29(51)47-30(36(55)49(6)7)25-15-11-9-12-16-25/h9,11-12,15-16,26-28,30-32H,10,13-14,17-24H2,1-8H3,(H,45,54)(H,46,53)(H,47,51)(H,48,57)/t27-,28?,30?,31?,32?/m1/s1. The van der Waals surface area contributed by atoms with E-state index in [2.05, 4.69) is 21.3 Å². The van der Waals surface area contributed by atoms with E-state index in [9.17, 15) is 46.7 Å². The summed E-state index contributed by atoms with van der Waals surface area (Å²) in [7, 11) is 4.44. The van der Waals surface area contributed by atoms with Gasteiger partial charge in [0.2, 0.25) is 29.4 Å². The number of alkyl carbamates (subject to hydrolysis) is 1. The molecule has 2 aliphatic rings. The third-order valence-corrected chi connectivity index (χ3v) is 10.5. The number of ether oxygens (including phenoxy) is 2. The van der Waals surface area contributed by atoms with Crippen LogP contribution in [-0.2, 0) is 38.2 Å². The number of Topliss-reactive ketones (excluding diaryl/α,β-unsaturated/α-hetero) is 1. The van der Waals surface area contributed by atoms with E-state index in [4.69, 9.17) is 9.47 Å². The molecule has 1 aliphatic heterocycles. The maximum Gasteiger partial charge on any atom is 0.408 e. The fourth-order valence-electron chi connectivity index (χ4n) is 7.49. The average Bonchev–Trinajstić information content (AvgIpc) is 3.58. The number of nitrogens with one attached hydrogen (secondary N) is 4. The molecule has 15 nitrogen and oxygen atoms in total. The molecule has 2 fully saturated rings. The van der Waals surface area contributed by atoms with Gasteiger partial charge < -0.3 is 40.5 Å². The Kier molecular flexibility index (Phi) is 17.3. The predicted molar refractivity (Wildman–Crippen MR) is 210 cm³/mol. The van der Waals surface area contributed by atoms with E-state index in [0.29, 0.717) is 18.4 Å². The summed E-state index contributed by atoms with van der Waals surface area (Å²) < 4.78 is 51.8. The molecule has 0 aromatic heterocycles. The molecule has 59 heavy (non-hydrogen) atoms. The molecule has 1 aromatic carbocycles. The molecule has 330 valence electrons. The van der Waals surface area contributed by atoms with Crippen molar-refractivity contribution in [1.29, 1.82) is 0 Å². The van der Waals surface area contributed by atoms with Gasteiger partial charge in [-0.3, -0.25) is 28.8 Å². The lowest BCUT2D eigenvalue weighted by Gasteiger charge is -2.37.